The summed E-state index contributed by atoms with van der Waals surface area (Å²) in [6.07, 6.45) is 1.76. The van der Waals surface area contributed by atoms with Crippen molar-refractivity contribution in [3.05, 3.63) is 29.6 Å². The number of rotatable bonds is 7. The summed E-state index contributed by atoms with van der Waals surface area (Å²) >= 11 is 0. The van der Waals surface area contributed by atoms with Crippen LogP contribution in [0.1, 0.15) is 39.2 Å². The first kappa shape index (κ1) is 17.1. The highest BCUT2D eigenvalue weighted by molar-refractivity contribution is 7.89. The number of nitrogens with one attached hydrogen (secondary N) is 1. The van der Waals surface area contributed by atoms with Crippen molar-refractivity contribution in [2.45, 2.75) is 51.1 Å². The van der Waals surface area contributed by atoms with E-state index in [0.29, 0.717) is 5.56 Å². The summed E-state index contributed by atoms with van der Waals surface area (Å²) in [4.78, 5) is -0.0715. The van der Waals surface area contributed by atoms with E-state index in [1.165, 1.54) is 12.1 Å². The molecule has 20 heavy (non-hydrogen) atoms. The van der Waals surface area contributed by atoms with Crippen molar-refractivity contribution in [1.82, 2.24) is 4.72 Å². The number of sulfonamides is 1. The molecule has 0 saturated carbocycles. The minimum absolute atomic E-state index is 0.0515. The first-order valence-corrected chi connectivity index (χ1v) is 8.34. The largest absolute Gasteiger partial charge is 0.326 e. The number of hydrogen-bond acceptors (Lipinski definition) is 3. The molecule has 0 fully saturated rings. The average molecular weight is 302 g/mol. The summed E-state index contributed by atoms with van der Waals surface area (Å²) in [5.41, 5.74) is 5.94. The van der Waals surface area contributed by atoms with Crippen LogP contribution < -0.4 is 10.5 Å². The van der Waals surface area contributed by atoms with Gasteiger partial charge in [-0.3, -0.25) is 0 Å². The van der Waals surface area contributed by atoms with Crippen molar-refractivity contribution in [1.29, 1.82) is 0 Å². The molecule has 0 spiro atoms. The maximum atomic E-state index is 13.3. The molecule has 6 heteroatoms. The molecule has 0 radical (unpaired) electrons. The Hall–Kier alpha value is -0.980. The molecule has 1 unspecified atom stereocenters. The van der Waals surface area contributed by atoms with Gasteiger partial charge in [0.1, 0.15) is 5.82 Å². The maximum Gasteiger partial charge on any atom is 0.241 e. The molecule has 0 aliphatic rings. The quantitative estimate of drug-likeness (QED) is 0.812. The molecule has 0 bridgehead atoms. The van der Waals surface area contributed by atoms with Gasteiger partial charge in [0.05, 0.1) is 4.90 Å². The van der Waals surface area contributed by atoms with Gasteiger partial charge in [0.15, 0.2) is 0 Å². The van der Waals surface area contributed by atoms with Gasteiger partial charge < -0.3 is 5.73 Å². The average Bonchev–Trinajstić information content (AvgIpc) is 2.39. The third kappa shape index (κ3) is 4.01. The van der Waals surface area contributed by atoms with Gasteiger partial charge in [-0.15, -0.1) is 0 Å². The van der Waals surface area contributed by atoms with Crippen LogP contribution in [-0.2, 0) is 16.6 Å². The predicted molar refractivity (Wildman–Crippen MR) is 78.1 cm³/mol. The van der Waals surface area contributed by atoms with Crippen molar-refractivity contribution in [3.63, 3.8) is 0 Å². The number of hydrogen-bond donors (Lipinski definition) is 2. The zero-order valence-corrected chi connectivity index (χ0v) is 13.0. The second kappa shape index (κ2) is 7.15. The van der Waals surface area contributed by atoms with Crippen molar-refractivity contribution < 1.29 is 12.8 Å². The Kier molecular flexibility index (Phi) is 6.10. The topological polar surface area (TPSA) is 72.2 Å². The van der Waals surface area contributed by atoms with Crippen LogP contribution in [0.2, 0.25) is 0 Å². The van der Waals surface area contributed by atoms with Gasteiger partial charge >= 0.3 is 0 Å². The Balaban J connectivity index is 3.08. The van der Waals surface area contributed by atoms with E-state index < -0.39 is 15.8 Å². The van der Waals surface area contributed by atoms with E-state index >= 15 is 0 Å². The van der Waals surface area contributed by atoms with Crippen molar-refractivity contribution in [2.75, 3.05) is 0 Å². The summed E-state index contributed by atoms with van der Waals surface area (Å²) in [6.45, 7) is 5.92. The van der Waals surface area contributed by atoms with Crippen LogP contribution in [0.25, 0.3) is 0 Å². The Morgan fingerprint density at radius 2 is 1.90 bits per heavy atom. The normalized spacial score (nSPS) is 13.7. The minimum atomic E-state index is -3.76. The standard InChI is InChI=1S/C14H23FN2O2S/c1-4-11(5-2)10(3)17-20(18,19)14-8-13(15)7-6-12(14)9-16/h6-8,10-11,17H,4-5,9,16H2,1-3H3. The fourth-order valence-electron chi connectivity index (χ4n) is 2.35. The monoisotopic (exact) mass is 302 g/mol. The lowest BCUT2D eigenvalue weighted by molar-refractivity contribution is 0.390. The summed E-state index contributed by atoms with van der Waals surface area (Å²) in [5, 5.41) is 0. The van der Waals surface area contributed by atoms with Crippen LogP contribution in [0.4, 0.5) is 4.39 Å². The molecule has 1 aromatic rings. The van der Waals surface area contributed by atoms with Crippen molar-refractivity contribution in [3.8, 4) is 0 Å². The van der Waals surface area contributed by atoms with Gasteiger partial charge in [0.2, 0.25) is 10.0 Å². The van der Waals surface area contributed by atoms with E-state index in [0.717, 1.165) is 18.9 Å². The van der Waals surface area contributed by atoms with E-state index in [-0.39, 0.29) is 23.4 Å². The van der Waals surface area contributed by atoms with Gasteiger partial charge in [0, 0.05) is 12.6 Å². The fourth-order valence-corrected chi connectivity index (χ4v) is 3.92. The molecule has 114 valence electrons. The number of benzene rings is 1. The molecular weight excluding hydrogens is 279 g/mol. The molecule has 0 saturated heterocycles. The molecule has 0 heterocycles. The molecular formula is C14H23FN2O2S. The van der Waals surface area contributed by atoms with Crippen LogP contribution in [0, 0.1) is 11.7 Å². The first-order chi connectivity index (χ1) is 9.35. The smallest absolute Gasteiger partial charge is 0.241 e. The van der Waals surface area contributed by atoms with Gasteiger partial charge in [-0.25, -0.2) is 17.5 Å². The van der Waals surface area contributed by atoms with Crippen LogP contribution in [-0.4, -0.2) is 14.5 Å². The zero-order chi connectivity index (χ0) is 15.3. The third-order valence-corrected chi connectivity index (χ3v) is 5.28. The molecule has 4 nitrogen and oxygen atoms in total. The van der Waals surface area contributed by atoms with Gasteiger partial charge in [0.25, 0.3) is 0 Å². The second-order valence-corrected chi connectivity index (χ2v) is 6.63. The summed E-state index contributed by atoms with van der Waals surface area (Å²) < 4.78 is 40.7. The van der Waals surface area contributed by atoms with E-state index in [1.807, 2.05) is 20.8 Å². The number of nitrogens with two attached hydrogens (primary N) is 1. The lowest BCUT2D eigenvalue weighted by Gasteiger charge is -2.23. The van der Waals surface area contributed by atoms with E-state index in [1.54, 1.807) is 0 Å². The SMILES string of the molecule is CCC(CC)C(C)NS(=O)(=O)c1cc(F)ccc1CN. The zero-order valence-electron chi connectivity index (χ0n) is 12.2. The minimum Gasteiger partial charge on any atom is -0.326 e. The van der Waals surface area contributed by atoms with E-state index in [9.17, 15) is 12.8 Å². The summed E-state index contributed by atoms with van der Waals surface area (Å²) in [6, 6.07) is 3.44. The highest BCUT2D eigenvalue weighted by Gasteiger charge is 2.24. The molecule has 0 aromatic heterocycles. The molecule has 0 aliphatic carbocycles. The van der Waals surface area contributed by atoms with Crippen LogP contribution in [0.15, 0.2) is 23.1 Å². The van der Waals surface area contributed by atoms with Gasteiger partial charge in [-0.05, 0) is 30.5 Å². The van der Waals surface area contributed by atoms with E-state index in [2.05, 4.69) is 4.72 Å². The Labute approximate surface area is 120 Å². The predicted octanol–water partition coefficient (Wildman–Crippen LogP) is 2.39. The van der Waals surface area contributed by atoms with E-state index in [4.69, 9.17) is 5.73 Å². The fraction of sp³-hybridized carbons (Fsp3) is 0.571. The van der Waals surface area contributed by atoms with Crippen molar-refractivity contribution >= 4 is 10.0 Å². The van der Waals surface area contributed by atoms with Gasteiger partial charge in [-0.2, -0.15) is 0 Å². The van der Waals surface area contributed by atoms with Crippen molar-refractivity contribution in [2.24, 2.45) is 11.7 Å². The van der Waals surface area contributed by atoms with Crippen LogP contribution in [0.3, 0.4) is 0 Å². The lowest BCUT2D eigenvalue weighted by Crippen LogP contribution is -2.38. The molecule has 0 aliphatic heterocycles. The summed E-state index contributed by atoms with van der Waals surface area (Å²) in [7, 11) is -3.76. The molecule has 1 atom stereocenters. The van der Waals surface area contributed by atoms with Crippen LogP contribution >= 0.6 is 0 Å². The highest BCUT2D eigenvalue weighted by Crippen LogP contribution is 2.20. The molecule has 1 rings (SSSR count). The molecule has 0 amide bonds. The Morgan fingerprint density at radius 3 is 2.40 bits per heavy atom. The summed E-state index contributed by atoms with van der Waals surface area (Å²) in [5.74, 6) is -0.336. The Morgan fingerprint density at radius 1 is 1.30 bits per heavy atom. The first-order valence-electron chi connectivity index (χ1n) is 6.86. The van der Waals surface area contributed by atoms with Gasteiger partial charge in [-0.1, -0.05) is 32.8 Å². The molecule has 1 aromatic carbocycles. The Bertz CT molecular complexity index is 542. The highest BCUT2D eigenvalue weighted by atomic mass is 32.2. The maximum absolute atomic E-state index is 13.3. The van der Waals surface area contributed by atoms with Crippen LogP contribution in [0.5, 0.6) is 0 Å². The molecule has 3 N–H and O–H groups in total. The lowest BCUT2D eigenvalue weighted by atomic mass is 9.96. The number of halogens is 1. The third-order valence-electron chi connectivity index (χ3n) is 3.64. The second-order valence-electron chi connectivity index (χ2n) is 4.94.